The lowest BCUT2D eigenvalue weighted by atomic mass is 9.98. The van der Waals surface area contributed by atoms with Crippen LogP contribution in [0.1, 0.15) is 26.7 Å². The molecule has 6 nitrogen and oxygen atoms in total. The van der Waals surface area contributed by atoms with Gasteiger partial charge in [-0.2, -0.15) is 0 Å². The molecule has 0 saturated heterocycles. The fraction of sp³-hybridized carbons (Fsp3) is 0.700. The van der Waals surface area contributed by atoms with Gasteiger partial charge in [0, 0.05) is 12.5 Å². The molecule has 0 aliphatic rings. The number of ketones is 1. The summed E-state index contributed by atoms with van der Waals surface area (Å²) in [4.78, 5) is 32.3. The number of Topliss-reactive ketones (excluding diaryl/α,β-unsaturated/α-hetero) is 1. The molecule has 4 N–H and O–H groups in total. The first-order valence-electron chi connectivity index (χ1n) is 5.25. The lowest BCUT2D eigenvalue weighted by Gasteiger charge is -2.16. The standard InChI is InChI=1S/C10H19N3O3/c1-7(2)9(15)8(13-6-14)4-3-5-12-10(11)16/h6-8H,3-5H2,1-2H3,(H,13,14)(H3,11,12,16). The average Bonchev–Trinajstić information content (AvgIpc) is 2.21. The van der Waals surface area contributed by atoms with Crippen LogP contribution in [0, 0.1) is 5.92 Å². The Hall–Kier alpha value is -1.59. The second kappa shape index (κ2) is 7.67. The molecule has 0 rings (SSSR count). The van der Waals surface area contributed by atoms with Crippen LogP contribution in [-0.2, 0) is 9.59 Å². The van der Waals surface area contributed by atoms with E-state index in [1.54, 1.807) is 13.8 Å². The van der Waals surface area contributed by atoms with Gasteiger partial charge in [-0.05, 0) is 12.8 Å². The summed E-state index contributed by atoms with van der Waals surface area (Å²) in [6.07, 6.45) is 1.61. The maximum atomic E-state index is 11.6. The van der Waals surface area contributed by atoms with Gasteiger partial charge in [0.15, 0.2) is 5.78 Å². The summed E-state index contributed by atoms with van der Waals surface area (Å²) >= 11 is 0. The van der Waals surface area contributed by atoms with Crippen LogP contribution in [0.5, 0.6) is 0 Å². The molecule has 0 fully saturated rings. The van der Waals surface area contributed by atoms with Gasteiger partial charge >= 0.3 is 6.03 Å². The van der Waals surface area contributed by atoms with Gasteiger partial charge in [-0.15, -0.1) is 0 Å². The molecule has 0 aromatic heterocycles. The van der Waals surface area contributed by atoms with Gasteiger partial charge in [0.25, 0.3) is 0 Å². The van der Waals surface area contributed by atoms with E-state index in [-0.39, 0.29) is 11.7 Å². The second-order valence-electron chi connectivity index (χ2n) is 3.83. The zero-order valence-electron chi connectivity index (χ0n) is 9.66. The van der Waals surface area contributed by atoms with E-state index in [1.165, 1.54) is 0 Å². The molecule has 0 heterocycles. The molecule has 0 radical (unpaired) electrons. The number of nitrogens with two attached hydrogens (primary N) is 1. The molecule has 92 valence electrons. The highest BCUT2D eigenvalue weighted by molar-refractivity contribution is 5.87. The highest BCUT2D eigenvalue weighted by atomic mass is 16.2. The van der Waals surface area contributed by atoms with E-state index >= 15 is 0 Å². The molecule has 1 atom stereocenters. The number of hydrogen-bond donors (Lipinski definition) is 3. The van der Waals surface area contributed by atoms with Crippen molar-refractivity contribution >= 4 is 18.2 Å². The number of nitrogens with one attached hydrogen (secondary N) is 2. The first kappa shape index (κ1) is 14.4. The monoisotopic (exact) mass is 229 g/mol. The van der Waals surface area contributed by atoms with Crippen LogP contribution >= 0.6 is 0 Å². The SMILES string of the molecule is CC(C)C(=O)C(CCCNC(N)=O)NC=O. The molecule has 0 bridgehead atoms. The van der Waals surface area contributed by atoms with E-state index in [0.717, 1.165) is 0 Å². The molecular weight excluding hydrogens is 210 g/mol. The van der Waals surface area contributed by atoms with Crippen LogP contribution in [0.3, 0.4) is 0 Å². The van der Waals surface area contributed by atoms with Crippen LogP contribution < -0.4 is 16.4 Å². The summed E-state index contributed by atoms with van der Waals surface area (Å²) < 4.78 is 0. The van der Waals surface area contributed by atoms with Crippen molar-refractivity contribution in [1.29, 1.82) is 0 Å². The minimum absolute atomic E-state index is 0.00817. The predicted octanol–water partition coefficient (Wildman–Crippen LogP) is -0.225. The number of urea groups is 1. The topological polar surface area (TPSA) is 101 Å². The Kier molecular flexibility index (Phi) is 6.91. The Bertz CT molecular complexity index is 254. The number of hydrogen-bond acceptors (Lipinski definition) is 3. The largest absolute Gasteiger partial charge is 0.352 e. The fourth-order valence-corrected chi connectivity index (χ4v) is 1.31. The van der Waals surface area contributed by atoms with E-state index in [0.29, 0.717) is 25.8 Å². The normalized spacial score (nSPS) is 11.9. The van der Waals surface area contributed by atoms with Crippen LogP contribution in [0.4, 0.5) is 4.79 Å². The summed E-state index contributed by atoms with van der Waals surface area (Å²) in [5, 5.41) is 4.90. The Balaban J connectivity index is 3.98. The van der Waals surface area contributed by atoms with Gasteiger partial charge in [-0.1, -0.05) is 13.8 Å². The zero-order chi connectivity index (χ0) is 12.6. The Morgan fingerprint density at radius 3 is 2.44 bits per heavy atom. The number of amides is 3. The van der Waals surface area contributed by atoms with Crippen LogP contribution in [0.2, 0.25) is 0 Å². The molecule has 1 unspecified atom stereocenters. The minimum atomic E-state index is -0.588. The summed E-state index contributed by atoms with van der Waals surface area (Å²) in [5.74, 6) is -0.132. The molecule has 0 aliphatic carbocycles. The predicted molar refractivity (Wildman–Crippen MR) is 59.7 cm³/mol. The molecule has 0 aliphatic heterocycles. The first-order valence-corrected chi connectivity index (χ1v) is 5.25. The summed E-state index contributed by atoms with van der Waals surface area (Å²) in [5.41, 5.74) is 4.89. The van der Waals surface area contributed by atoms with Gasteiger partial charge in [0.05, 0.1) is 6.04 Å². The Morgan fingerprint density at radius 2 is 2.00 bits per heavy atom. The van der Waals surface area contributed by atoms with Crippen molar-refractivity contribution < 1.29 is 14.4 Å². The summed E-state index contributed by atoms with van der Waals surface area (Å²) in [7, 11) is 0. The molecule has 0 spiro atoms. The highest BCUT2D eigenvalue weighted by Gasteiger charge is 2.19. The maximum Gasteiger partial charge on any atom is 0.312 e. The van der Waals surface area contributed by atoms with Gasteiger partial charge in [-0.3, -0.25) is 9.59 Å². The fourth-order valence-electron chi connectivity index (χ4n) is 1.31. The average molecular weight is 229 g/mol. The van der Waals surface area contributed by atoms with Crippen molar-refractivity contribution in [3.05, 3.63) is 0 Å². The molecule has 0 saturated carbocycles. The Morgan fingerprint density at radius 1 is 1.38 bits per heavy atom. The molecule has 6 heteroatoms. The molecule has 16 heavy (non-hydrogen) atoms. The smallest absolute Gasteiger partial charge is 0.312 e. The molecule has 3 amide bonds. The van der Waals surface area contributed by atoms with Crippen molar-refractivity contribution in [2.24, 2.45) is 11.7 Å². The van der Waals surface area contributed by atoms with Crippen molar-refractivity contribution in [3.63, 3.8) is 0 Å². The van der Waals surface area contributed by atoms with E-state index in [9.17, 15) is 14.4 Å². The second-order valence-corrected chi connectivity index (χ2v) is 3.83. The van der Waals surface area contributed by atoms with Crippen molar-refractivity contribution in [3.8, 4) is 0 Å². The third-order valence-electron chi connectivity index (χ3n) is 2.15. The molecule has 0 aromatic carbocycles. The maximum absolute atomic E-state index is 11.6. The van der Waals surface area contributed by atoms with Gasteiger partial charge < -0.3 is 16.4 Å². The third-order valence-corrected chi connectivity index (χ3v) is 2.15. The van der Waals surface area contributed by atoms with Gasteiger partial charge in [0.1, 0.15) is 0 Å². The Labute approximate surface area is 94.9 Å². The van der Waals surface area contributed by atoms with Crippen LogP contribution in [0.25, 0.3) is 0 Å². The number of rotatable bonds is 8. The van der Waals surface area contributed by atoms with Crippen LogP contribution in [0.15, 0.2) is 0 Å². The van der Waals surface area contributed by atoms with Gasteiger partial charge in [-0.25, -0.2) is 4.79 Å². The van der Waals surface area contributed by atoms with E-state index in [2.05, 4.69) is 10.6 Å². The van der Waals surface area contributed by atoms with Crippen molar-refractivity contribution in [2.45, 2.75) is 32.7 Å². The van der Waals surface area contributed by atoms with E-state index in [1.807, 2.05) is 0 Å². The number of primary amides is 1. The summed E-state index contributed by atoms with van der Waals surface area (Å²) in [6, 6.07) is -1.07. The van der Waals surface area contributed by atoms with Crippen LogP contribution in [-0.4, -0.2) is 30.8 Å². The quantitative estimate of drug-likeness (QED) is 0.396. The summed E-state index contributed by atoms with van der Waals surface area (Å²) in [6.45, 7) is 3.96. The van der Waals surface area contributed by atoms with E-state index in [4.69, 9.17) is 5.73 Å². The van der Waals surface area contributed by atoms with Gasteiger partial charge in [0.2, 0.25) is 6.41 Å². The van der Waals surface area contributed by atoms with E-state index < -0.39 is 12.1 Å². The highest BCUT2D eigenvalue weighted by Crippen LogP contribution is 2.05. The minimum Gasteiger partial charge on any atom is -0.352 e. The van der Waals surface area contributed by atoms with Crippen molar-refractivity contribution in [2.75, 3.05) is 6.54 Å². The number of carbonyl (C=O) groups excluding carboxylic acids is 3. The number of carbonyl (C=O) groups is 3. The zero-order valence-corrected chi connectivity index (χ0v) is 9.66. The third kappa shape index (κ3) is 6.00. The molecule has 0 aromatic rings. The lowest BCUT2D eigenvalue weighted by molar-refractivity contribution is -0.126. The molecular formula is C10H19N3O3. The first-order chi connectivity index (χ1) is 7.49. The van der Waals surface area contributed by atoms with Crippen molar-refractivity contribution in [1.82, 2.24) is 10.6 Å². The lowest BCUT2D eigenvalue weighted by Crippen LogP contribution is -2.39.